The lowest BCUT2D eigenvalue weighted by Gasteiger charge is -2.28. The zero-order valence-corrected chi connectivity index (χ0v) is 20.0. The number of fused-ring (bicyclic) bond motifs is 1. The van der Waals surface area contributed by atoms with Gasteiger partial charge in [-0.1, -0.05) is 41.4 Å². The number of halogens is 1. The van der Waals surface area contributed by atoms with E-state index in [0.29, 0.717) is 24.5 Å². The van der Waals surface area contributed by atoms with Gasteiger partial charge in [0.05, 0.1) is 17.1 Å². The summed E-state index contributed by atoms with van der Waals surface area (Å²) in [4.78, 5) is 31.5. The first-order valence-corrected chi connectivity index (χ1v) is 11.6. The molecular weight excluding hydrogens is 438 g/mol. The van der Waals surface area contributed by atoms with Crippen molar-refractivity contribution in [2.75, 3.05) is 6.54 Å². The van der Waals surface area contributed by atoms with Crippen LogP contribution in [0.1, 0.15) is 30.0 Å². The number of pyridine rings is 1. The summed E-state index contributed by atoms with van der Waals surface area (Å²) in [6.45, 7) is 4.89. The molecule has 1 saturated heterocycles. The molecule has 8 heteroatoms. The number of hydrogen-bond acceptors (Lipinski definition) is 4. The van der Waals surface area contributed by atoms with E-state index in [1.165, 1.54) is 11.1 Å². The molecule has 174 valence electrons. The molecule has 0 saturated carbocycles. The Morgan fingerprint density at radius 2 is 2.09 bits per heavy atom. The molecule has 3 N–H and O–H groups in total. The lowest BCUT2D eigenvalue weighted by Crippen LogP contribution is -2.51. The molecule has 1 fully saturated rings. The molecule has 7 nitrogen and oxygen atoms in total. The number of carbonyl (C=O) groups excluding carboxylic acids is 2. The van der Waals surface area contributed by atoms with Gasteiger partial charge in [0.25, 0.3) is 0 Å². The van der Waals surface area contributed by atoms with Gasteiger partial charge in [0.1, 0.15) is 5.65 Å². The van der Waals surface area contributed by atoms with Crippen LogP contribution in [-0.2, 0) is 29.6 Å². The number of rotatable bonds is 7. The van der Waals surface area contributed by atoms with Crippen LogP contribution in [0.2, 0.25) is 5.02 Å². The SMILES string of the molecule is Cc1cccc(CC2CC(C(N)=O)N([C@@H](C)C(=O)NCc3cnc4c(c3)c(Cl)cn4C)C2)c1. The minimum atomic E-state index is -0.470. The highest BCUT2D eigenvalue weighted by Gasteiger charge is 2.40. The Balaban J connectivity index is 1.41. The number of primary amides is 1. The van der Waals surface area contributed by atoms with E-state index in [1.807, 2.05) is 41.8 Å². The third-order valence-corrected chi connectivity index (χ3v) is 6.83. The van der Waals surface area contributed by atoms with Crippen molar-refractivity contribution in [3.8, 4) is 0 Å². The maximum Gasteiger partial charge on any atom is 0.237 e. The molecule has 1 aliphatic rings. The Morgan fingerprint density at radius 3 is 2.82 bits per heavy atom. The zero-order chi connectivity index (χ0) is 23.7. The number of nitrogens with one attached hydrogen (secondary N) is 1. The second kappa shape index (κ2) is 9.53. The molecule has 3 aromatic rings. The predicted molar refractivity (Wildman–Crippen MR) is 130 cm³/mol. The molecule has 33 heavy (non-hydrogen) atoms. The van der Waals surface area contributed by atoms with Crippen LogP contribution in [0.25, 0.3) is 11.0 Å². The van der Waals surface area contributed by atoms with E-state index >= 15 is 0 Å². The van der Waals surface area contributed by atoms with Gasteiger partial charge in [0, 0.05) is 37.9 Å². The molecule has 0 spiro atoms. The van der Waals surface area contributed by atoms with E-state index in [1.54, 1.807) is 6.20 Å². The highest BCUT2D eigenvalue weighted by molar-refractivity contribution is 6.35. The number of carbonyl (C=O) groups is 2. The molecule has 0 radical (unpaired) electrons. The van der Waals surface area contributed by atoms with Gasteiger partial charge in [-0.05, 0) is 49.8 Å². The zero-order valence-electron chi connectivity index (χ0n) is 19.2. The van der Waals surface area contributed by atoms with Crippen LogP contribution in [0.15, 0.2) is 42.7 Å². The van der Waals surface area contributed by atoms with Crippen molar-refractivity contribution in [2.45, 2.75) is 45.3 Å². The first-order valence-electron chi connectivity index (χ1n) is 11.2. The number of amides is 2. The monoisotopic (exact) mass is 467 g/mol. The molecule has 3 heterocycles. The van der Waals surface area contributed by atoms with Crippen LogP contribution >= 0.6 is 11.6 Å². The fraction of sp³-hybridized carbons (Fsp3) is 0.400. The fourth-order valence-electron chi connectivity index (χ4n) is 4.82. The number of hydrogen-bond donors (Lipinski definition) is 2. The van der Waals surface area contributed by atoms with Crippen LogP contribution in [0, 0.1) is 12.8 Å². The van der Waals surface area contributed by atoms with Crippen molar-refractivity contribution in [1.82, 2.24) is 19.8 Å². The highest BCUT2D eigenvalue weighted by Crippen LogP contribution is 2.29. The molecule has 2 amide bonds. The maximum absolute atomic E-state index is 13.0. The topological polar surface area (TPSA) is 93.2 Å². The van der Waals surface area contributed by atoms with Gasteiger partial charge in [0.15, 0.2) is 0 Å². The van der Waals surface area contributed by atoms with Crippen LogP contribution in [-0.4, -0.2) is 44.9 Å². The van der Waals surface area contributed by atoms with Gasteiger partial charge in [-0.15, -0.1) is 0 Å². The van der Waals surface area contributed by atoms with Gasteiger partial charge in [-0.25, -0.2) is 4.98 Å². The van der Waals surface area contributed by atoms with Crippen molar-refractivity contribution in [2.24, 2.45) is 18.7 Å². The average molecular weight is 468 g/mol. The summed E-state index contributed by atoms with van der Waals surface area (Å²) in [5, 5.41) is 4.46. The largest absolute Gasteiger partial charge is 0.368 e. The molecule has 1 aliphatic heterocycles. The Hall–Kier alpha value is -2.90. The number of aryl methyl sites for hydroxylation is 2. The van der Waals surface area contributed by atoms with Gasteiger partial charge in [-0.3, -0.25) is 14.5 Å². The number of likely N-dealkylation sites (tertiary alicyclic amines) is 1. The summed E-state index contributed by atoms with van der Waals surface area (Å²) in [6.07, 6.45) is 5.07. The molecule has 1 aromatic carbocycles. The third kappa shape index (κ3) is 5.04. The van der Waals surface area contributed by atoms with Crippen molar-refractivity contribution in [3.63, 3.8) is 0 Å². The molecule has 0 aliphatic carbocycles. The second-order valence-corrected chi connectivity index (χ2v) is 9.51. The van der Waals surface area contributed by atoms with E-state index in [4.69, 9.17) is 17.3 Å². The van der Waals surface area contributed by atoms with E-state index in [-0.39, 0.29) is 17.7 Å². The third-order valence-electron chi connectivity index (χ3n) is 6.53. The lowest BCUT2D eigenvalue weighted by molar-refractivity contribution is -0.129. The minimum Gasteiger partial charge on any atom is -0.368 e. The normalized spacial score (nSPS) is 19.6. The summed E-state index contributed by atoms with van der Waals surface area (Å²) >= 11 is 6.28. The van der Waals surface area contributed by atoms with Crippen molar-refractivity contribution in [3.05, 3.63) is 64.4 Å². The molecule has 2 aromatic heterocycles. The van der Waals surface area contributed by atoms with Crippen molar-refractivity contribution in [1.29, 1.82) is 0 Å². The van der Waals surface area contributed by atoms with Crippen molar-refractivity contribution < 1.29 is 9.59 Å². The van der Waals surface area contributed by atoms with Gasteiger partial charge in [0.2, 0.25) is 11.8 Å². The minimum absolute atomic E-state index is 0.142. The molecule has 0 bridgehead atoms. The summed E-state index contributed by atoms with van der Waals surface area (Å²) in [5.41, 5.74) is 9.82. The van der Waals surface area contributed by atoms with Gasteiger partial charge in [-0.2, -0.15) is 0 Å². The highest BCUT2D eigenvalue weighted by atomic mass is 35.5. The van der Waals surface area contributed by atoms with E-state index in [0.717, 1.165) is 23.0 Å². The number of nitrogens with zero attached hydrogens (tertiary/aromatic N) is 3. The predicted octanol–water partition coefficient (Wildman–Crippen LogP) is 2.96. The standard InChI is InChI=1S/C25H30ClN5O2/c1-15-5-4-6-17(7-15)8-18-10-22(23(27)32)31(13-18)16(2)25(33)29-12-19-9-20-21(26)14-30(3)24(20)28-11-19/h4-7,9,11,14,16,18,22H,8,10,12-13H2,1-3H3,(H2,27,32)(H,29,33)/t16-,18?,22?/m0/s1. The van der Waals surface area contributed by atoms with E-state index in [2.05, 4.69) is 35.4 Å². The van der Waals surface area contributed by atoms with E-state index < -0.39 is 12.1 Å². The molecule has 4 rings (SSSR count). The lowest BCUT2D eigenvalue weighted by atomic mass is 9.96. The molecule has 2 unspecified atom stereocenters. The number of benzene rings is 1. The summed E-state index contributed by atoms with van der Waals surface area (Å²) in [5.74, 6) is -0.252. The number of nitrogens with two attached hydrogens (primary N) is 1. The maximum atomic E-state index is 13.0. The Bertz CT molecular complexity index is 1190. The van der Waals surface area contributed by atoms with E-state index in [9.17, 15) is 9.59 Å². The summed E-state index contributed by atoms with van der Waals surface area (Å²) < 4.78 is 1.87. The molecular formula is C25H30ClN5O2. The van der Waals surface area contributed by atoms with Crippen molar-refractivity contribution >= 4 is 34.4 Å². The van der Waals surface area contributed by atoms with Crippen LogP contribution in [0.5, 0.6) is 0 Å². The van der Waals surface area contributed by atoms with Crippen LogP contribution < -0.4 is 11.1 Å². The first-order chi connectivity index (χ1) is 15.7. The average Bonchev–Trinajstić information content (AvgIpc) is 3.32. The van der Waals surface area contributed by atoms with Crippen LogP contribution in [0.4, 0.5) is 0 Å². The molecule has 3 atom stereocenters. The summed E-state index contributed by atoms with van der Waals surface area (Å²) in [6, 6.07) is 9.42. The van der Waals surface area contributed by atoms with Crippen LogP contribution in [0.3, 0.4) is 0 Å². The fourth-order valence-corrected chi connectivity index (χ4v) is 5.11. The van der Waals surface area contributed by atoms with Gasteiger partial charge >= 0.3 is 0 Å². The number of aromatic nitrogens is 2. The quantitative estimate of drug-likeness (QED) is 0.558. The smallest absolute Gasteiger partial charge is 0.237 e. The Morgan fingerprint density at radius 1 is 1.30 bits per heavy atom. The second-order valence-electron chi connectivity index (χ2n) is 9.11. The Kier molecular flexibility index (Phi) is 6.72. The first kappa shape index (κ1) is 23.3. The van der Waals surface area contributed by atoms with Gasteiger partial charge < -0.3 is 15.6 Å². The summed E-state index contributed by atoms with van der Waals surface area (Å²) in [7, 11) is 1.89. The Labute approximate surface area is 198 Å².